The molecule has 1 heterocycles. The Morgan fingerprint density at radius 2 is 1.61 bits per heavy atom. The van der Waals surface area contributed by atoms with E-state index in [1.165, 1.54) is 55.7 Å². The van der Waals surface area contributed by atoms with Crippen LogP contribution in [0.25, 0.3) is 6.08 Å². The van der Waals surface area contributed by atoms with Crippen LogP contribution in [0.2, 0.25) is 0 Å². The van der Waals surface area contributed by atoms with Gasteiger partial charge in [-0.1, -0.05) is 23.8 Å². The van der Waals surface area contributed by atoms with E-state index >= 15 is 0 Å². The molecule has 0 atom stereocenters. The molecule has 1 saturated heterocycles. The van der Waals surface area contributed by atoms with Crippen molar-refractivity contribution in [1.29, 1.82) is 0 Å². The quantitative estimate of drug-likeness (QED) is 0.261. The molecular weight excluding hydrogens is 512 g/mol. The summed E-state index contributed by atoms with van der Waals surface area (Å²) >= 11 is 0. The fraction of sp³-hybridized carbons (Fsp3) is 0.148. The number of hydrogen-bond donors (Lipinski definition) is 1. The second-order valence-electron chi connectivity index (χ2n) is 8.15. The highest BCUT2D eigenvalue weighted by molar-refractivity contribution is 7.87. The van der Waals surface area contributed by atoms with Gasteiger partial charge in [0.2, 0.25) is 0 Å². The number of nitrogens with zero attached hydrogens (tertiary/aromatic N) is 1. The van der Waals surface area contributed by atoms with Crippen molar-refractivity contribution >= 4 is 39.7 Å². The Labute approximate surface area is 219 Å². The maximum absolute atomic E-state index is 13.2. The number of carbonyl (C=O) groups excluding carboxylic acids is 3. The number of hydrogen-bond acceptors (Lipinski definition) is 8. The second kappa shape index (κ2) is 10.8. The van der Waals surface area contributed by atoms with Crippen LogP contribution >= 0.6 is 0 Å². The number of anilines is 1. The summed E-state index contributed by atoms with van der Waals surface area (Å²) in [5, 5.41) is 2.15. The van der Waals surface area contributed by atoms with Crippen LogP contribution in [0.15, 0.2) is 77.2 Å². The largest absolute Gasteiger partial charge is 0.497 e. The molecular formula is C27H24N2O8S. The molecule has 1 aliphatic rings. The van der Waals surface area contributed by atoms with E-state index in [9.17, 15) is 22.8 Å². The van der Waals surface area contributed by atoms with Gasteiger partial charge < -0.3 is 13.7 Å². The molecule has 0 radical (unpaired) electrons. The van der Waals surface area contributed by atoms with Gasteiger partial charge in [0.05, 0.1) is 19.4 Å². The number of nitrogens with one attached hydrogen (secondary N) is 1. The zero-order valence-corrected chi connectivity index (χ0v) is 21.6. The standard InChI is InChI=1S/C27H24N2O8S/c1-4-36-24-16-18(7-14-23(24)37-38(33,34)21-12-5-17(2)6-13-21)15-22-25(30)28-27(32)29(26(22)31)19-8-10-20(35-3)11-9-19/h5-16H,4H2,1-3H3,(H,28,30,32)/b22-15+. The number of urea groups is 1. The monoisotopic (exact) mass is 536 g/mol. The summed E-state index contributed by atoms with van der Waals surface area (Å²) in [6.45, 7) is 3.74. The topological polar surface area (TPSA) is 128 Å². The average molecular weight is 537 g/mol. The third-order valence-electron chi connectivity index (χ3n) is 5.52. The maximum Gasteiger partial charge on any atom is 0.339 e. The SMILES string of the molecule is CCOc1cc(/C=C2\C(=O)NC(=O)N(c3ccc(OC)cc3)C2=O)ccc1OS(=O)(=O)c1ccc(C)cc1. The fourth-order valence-corrected chi connectivity index (χ4v) is 4.55. The van der Waals surface area contributed by atoms with Gasteiger partial charge in [-0.2, -0.15) is 8.42 Å². The lowest BCUT2D eigenvalue weighted by Crippen LogP contribution is -2.54. The first-order valence-corrected chi connectivity index (χ1v) is 12.9. The van der Waals surface area contributed by atoms with E-state index in [0.717, 1.165) is 10.5 Å². The zero-order chi connectivity index (χ0) is 27.4. The Bertz CT molecular complexity index is 1530. The van der Waals surface area contributed by atoms with E-state index in [2.05, 4.69) is 5.32 Å². The summed E-state index contributed by atoms with van der Waals surface area (Å²) in [6.07, 6.45) is 1.28. The molecule has 3 aromatic rings. The summed E-state index contributed by atoms with van der Waals surface area (Å²) in [5.41, 5.74) is 1.18. The van der Waals surface area contributed by atoms with E-state index in [4.69, 9.17) is 13.7 Å². The van der Waals surface area contributed by atoms with Gasteiger partial charge in [-0.3, -0.25) is 14.9 Å². The van der Waals surface area contributed by atoms with Gasteiger partial charge in [0, 0.05) is 0 Å². The first kappa shape index (κ1) is 26.4. The molecule has 0 unspecified atom stereocenters. The summed E-state index contributed by atoms with van der Waals surface area (Å²) < 4.78 is 41.5. The van der Waals surface area contributed by atoms with Crippen LogP contribution in [0.4, 0.5) is 10.5 Å². The van der Waals surface area contributed by atoms with E-state index in [1.54, 1.807) is 31.2 Å². The summed E-state index contributed by atoms with van der Waals surface area (Å²) in [7, 11) is -2.66. The molecule has 0 aliphatic carbocycles. The Morgan fingerprint density at radius 3 is 2.24 bits per heavy atom. The van der Waals surface area contributed by atoms with Crippen LogP contribution in [-0.2, 0) is 19.7 Å². The Kier molecular flexibility index (Phi) is 7.49. The highest BCUT2D eigenvalue weighted by atomic mass is 32.2. The van der Waals surface area contributed by atoms with E-state index < -0.39 is 28.0 Å². The molecule has 38 heavy (non-hydrogen) atoms. The van der Waals surface area contributed by atoms with Crippen molar-refractivity contribution in [2.75, 3.05) is 18.6 Å². The zero-order valence-electron chi connectivity index (χ0n) is 20.8. The molecule has 11 heteroatoms. The summed E-state index contributed by atoms with van der Waals surface area (Å²) in [6, 6.07) is 15.7. The minimum absolute atomic E-state index is 0.0236. The lowest BCUT2D eigenvalue weighted by molar-refractivity contribution is -0.122. The first-order valence-electron chi connectivity index (χ1n) is 11.5. The van der Waals surface area contributed by atoms with Crippen molar-refractivity contribution in [2.24, 2.45) is 0 Å². The first-order chi connectivity index (χ1) is 18.1. The molecule has 1 N–H and O–H groups in total. The van der Waals surface area contributed by atoms with Crippen molar-refractivity contribution in [3.05, 3.63) is 83.4 Å². The van der Waals surface area contributed by atoms with Gasteiger partial charge in [-0.15, -0.1) is 0 Å². The predicted molar refractivity (Wildman–Crippen MR) is 139 cm³/mol. The number of rotatable bonds is 8. The lowest BCUT2D eigenvalue weighted by atomic mass is 10.1. The Morgan fingerprint density at radius 1 is 0.921 bits per heavy atom. The van der Waals surface area contributed by atoms with Gasteiger partial charge in [-0.05, 0) is 74.0 Å². The average Bonchev–Trinajstić information content (AvgIpc) is 2.88. The Hall–Kier alpha value is -4.64. The smallest absolute Gasteiger partial charge is 0.339 e. The highest BCUT2D eigenvalue weighted by Crippen LogP contribution is 2.32. The van der Waals surface area contributed by atoms with Crippen LogP contribution < -0.4 is 23.9 Å². The van der Waals surface area contributed by atoms with E-state index in [-0.39, 0.29) is 34.3 Å². The number of barbiturate groups is 1. The van der Waals surface area contributed by atoms with Crippen LogP contribution in [0.1, 0.15) is 18.1 Å². The van der Waals surface area contributed by atoms with E-state index in [0.29, 0.717) is 11.3 Å². The van der Waals surface area contributed by atoms with Crippen LogP contribution in [-0.4, -0.2) is 40.0 Å². The van der Waals surface area contributed by atoms with Gasteiger partial charge in [0.15, 0.2) is 11.5 Å². The molecule has 3 aromatic carbocycles. The number of imide groups is 2. The summed E-state index contributed by atoms with van der Waals surface area (Å²) in [4.78, 5) is 39.0. The minimum Gasteiger partial charge on any atom is -0.497 e. The minimum atomic E-state index is -4.14. The molecule has 0 spiro atoms. The Balaban J connectivity index is 1.66. The lowest BCUT2D eigenvalue weighted by Gasteiger charge is -2.26. The summed E-state index contributed by atoms with van der Waals surface area (Å²) in [5.74, 6) is -1.15. The number of methoxy groups -OCH3 is 1. The molecule has 4 amide bonds. The molecule has 0 aromatic heterocycles. The van der Waals surface area contributed by atoms with Crippen LogP contribution in [0.5, 0.6) is 17.2 Å². The third-order valence-corrected chi connectivity index (χ3v) is 6.77. The highest BCUT2D eigenvalue weighted by Gasteiger charge is 2.37. The molecule has 1 fully saturated rings. The van der Waals surface area contributed by atoms with Crippen LogP contribution in [0, 0.1) is 6.92 Å². The fourth-order valence-electron chi connectivity index (χ4n) is 3.61. The van der Waals surface area contributed by atoms with Crippen LogP contribution in [0.3, 0.4) is 0 Å². The second-order valence-corrected chi connectivity index (χ2v) is 9.69. The molecule has 1 aliphatic heterocycles. The van der Waals surface area contributed by atoms with Crippen molar-refractivity contribution in [3.8, 4) is 17.2 Å². The number of carbonyl (C=O) groups is 3. The number of amides is 4. The third kappa shape index (κ3) is 5.52. The van der Waals surface area contributed by atoms with Gasteiger partial charge in [0.25, 0.3) is 11.8 Å². The van der Waals surface area contributed by atoms with Crippen molar-refractivity contribution in [2.45, 2.75) is 18.7 Å². The number of benzene rings is 3. The van der Waals surface area contributed by atoms with Gasteiger partial charge >= 0.3 is 16.1 Å². The van der Waals surface area contributed by atoms with Gasteiger partial charge in [0.1, 0.15) is 16.2 Å². The molecule has 10 nitrogen and oxygen atoms in total. The normalized spacial score (nSPS) is 14.9. The van der Waals surface area contributed by atoms with Gasteiger partial charge in [-0.25, -0.2) is 9.69 Å². The predicted octanol–water partition coefficient (Wildman–Crippen LogP) is 3.84. The molecule has 0 saturated carbocycles. The molecule has 196 valence electrons. The molecule has 0 bridgehead atoms. The van der Waals surface area contributed by atoms with E-state index in [1.807, 2.05) is 6.92 Å². The van der Waals surface area contributed by atoms with Crippen molar-refractivity contribution in [3.63, 3.8) is 0 Å². The number of ether oxygens (including phenoxy) is 2. The van der Waals surface area contributed by atoms with Crippen molar-refractivity contribution in [1.82, 2.24) is 5.32 Å². The number of aryl methyl sites for hydroxylation is 1. The molecule has 4 rings (SSSR count). The van der Waals surface area contributed by atoms with Crippen molar-refractivity contribution < 1.29 is 36.5 Å². The maximum atomic E-state index is 13.2.